The Morgan fingerprint density at radius 1 is 1.30 bits per heavy atom. The summed E-state index contributed by atoms with van der Waals surface area (Å²) in [4.78, 5) is 32.8. The Morgan fingerprint density at radius 2 is 1.97 bits per heavy atom. The lowest BCUT2D eigenvalue weighted by Crippen LogP contribution is -2.67. The molecule has 2 unspecified atom stereocenters. The number of nitrogens with one attached hydrogen (secondary N) is 1. The Kier molecular flexibility index (Phi) is 5.02. The van der Waals surface area contributed by atoms with Crippen LogP contribution in [0.25, 0.3) is 0 Å². The maximum atomic E-state index is 13.7. The molecule has 3 aliphatic heterocycles. The highest BCUT2D eigenvalue weighted by molar-refractivity contribution is 6.26. The molecule has 12 heteroatoms. The number of carbonyl (C=O) groups excluding carboxylic acids is 1. The van der Waals surface area contributed by atoms with E-state index in [0.717, 1.165) is 4.74 Å². The second-order valence-corrected chi connectivity index (χ2v) is 8.00. The SMILES string of the molecule is CN1CC2(C(Cl)c3ccccc3[N+](=O)[O-])C(=NC(N3CCNCC3)=[N+]2[O-])N(C)C1=O. The van der Waals surface area contributed by atoms with Crippen molar-refractivity contribution in [3.8, 4) is 0 Å². The molecule has 3 aliphatic rings. The van der Waals surface area contributed by atoms with Crippen molar-refractivity contribution in [2.75, 3.05) is 46.8 Å². The Bertz CT molecular complexity index is 962. The molecule has 2 fully saturated rings. The Morgan fingerprint density at radius 3 is 2.63 bits per heavy atom. The molecule has 0 aromatic heterocycles. The van der Waals surface area contributed by atoms with Crippen molar-refractivity contribution < 1.29 is 14.5 Å². The van der Waals surface area contributed by atoms with Crippen LogP contribution in [0.1, 0.15) is 10.9 Å². The lowest BCUT2D eigenvalue weighted by atomic mass is 9.86. The normalized spacial score (nSPS) is 25.4. The summed E-state index contributed by atoms with van der Waals surface area (Å²) < 4.78 is 0.738. The third-order valence-corrected chi connectivity index (χ3v) is 6.37. The lowest BCUT2D eigenvalue weighted by molar-refractivity contribution is -0.531. The second-order valence-electron chi connectivity index (χ2n) is 7.57. The van der Waals surface area contributed by atoms with Crippen LogP contribution in [-0.4, -0.2) is 94.5 Å². The number of fused-ring (bicyclic) bond motifs is 1. The van der Waals surface area contributed by atoms with Crippen LogP contribution < -0.4 is 5.32 Å². The molecule has 1 N–H and O–H groups in total. The highest BCUT2D eigenvalue weighted by Gasteiger charge is 2.61. The van der Waals surface area contributed by atoms with Crippen LogP contribution in [0.2, 0.25) is 0 Å². The van der Waals surface area contributed by atoms with Crippen molar-refractivity contribution in [3.05, 3.63) is 45.2 Å². The van der Waals surface area contributed by atoms with Crippen molar-refractivity contribution in [1.82, 2.24) is 20.0 Å². The summed E-state index contributed by atoms with van der Waals surface area (Å²) >= 11 is 6.87. The Labute approximate surface area is 177 Å². The largest absolute Gasteiger partial charge is 0.743 e. The Balaban J connectivity index is 1.89. The van der Waals surface area contributed by atoms with Gasteiger partial charge in [-0.3, -0.25) is 24.7 Å². The number of carbonyl (C=O) groups is 1. The number of alkyl halides is 1. The number of amides is 2. The fourth-order valence-corrected chi connectivity index (χ4v) is 4.71. The van der Waals surface area contributed by atoms with Crippen molar-refractivity contribution >= 4 is 35.1 Å². The van der Waals surface area contributed by atoms with E-state index in [-0.39, 0.29) is 35.6 Å². The van der Waals surface area contributed by atoms with Gasteiger partial charge in [0, 0.05) is 33.3 Å². The molecule has 0 aliphatic carbocycles. The molecular weight excluding hydrogens is 414 g/mol. The minimum Gasteiger partial charge on any atom is -0.743 e. The molecule has 160 valence electrons. The molecule has 1 aromatic rings. The molecule has 4 rings (SSSR count). The first-order chi connectivity index (χ1) is 14.3. The number of hydrogen-bond donors (Lipinski definition) is 1. The fourth-order valence-electron chi connectivity index (χ4n) is 4.27. The molecule has 11 nitrogen and oxygen atoms in total. The molecule has 0 saturated carbocycles. The predicted molar refractivity (Wildman–Crippen MR) is 111 cm³/mol. The summed E-state index contributed by atoms with van der Waals surface area (Å²) in [5.74, 6) is 0.373. The molecule has 0 radical (unpaired) electrons. The maximum Gasteiger partial charge on any atom is 0.392 e. The van der Waals surface area contributed by atoms with E-state index in [9.17, 15) is 20.1 Å². The van der Waals surface area contributed by atoms with Crippen LogP contribution in [0.15, 0.2) is 29.3 Å². The number of likely N-dealkylation sites (N-methyl/N-ethyl adjacent to an activating group) is 2. The van der Waals surface area contributed by atoms with Gasteiger partial charge in [0.05, 0.1) is 30.1 Å². The molecule has 2 atom stereocenters. The molecule has 1 aromatic carbocycles. The fraction of sp³-hybridized carbons (Fsp3) is 0.500. The number of hydrogen-bond acceptors (Lipinski definition) is 7. The van der Waals surface area contributed by atoms with Gasteiger partial charge in [-0.05, 0) is 0 Å². The smallest absolute Gasteiger partial charge is 0.392 e. The van der Waals surface area contributed by atoms with E-state index in [1.54, 1.807) is 19.2 Å². The van der Waals surface area contributed by atoms with Crippen LogP contribution in [0.4, 0.5) is 10.5 Å². The van der Waals surface area contributed by atoms with E-state index >= 15 is 0 Å². The van der Waals surface area contributed by atoms with Crippen LogP contribution in [0.5, 0.6) is 0 Å². The zero-order chi connectivity index (χ0) is 21.6. The molecular formula is C18H22ClN7O4. The third-order valence-electron chi connectivity index (χ3n) is 5.77. The zero-order valence-corrected chi connectivity index (χ0v) is 17.4. The van der Waals surface area contributed by atoms with Gasteiger partial charge in [0.1, 0.15) is 5.38 Å². The number of benzene rings is 1. The van der Waals surface area contributed by atoms with Gasteiger partial charge < -0.3 is 15.4 Å². The number of aliphatic imine (C=N–C) groups is 1. The summed E-state index contributed by atoms with van der Waals surface area (Å²) in [7, 11) is 3.10. The molecule has 30 heavy (non-hydrogen) atoms. The summed E-state index contributed by atoms with van der Waals surface area (Å²) in [6, 6.07) is 5.74. The quantitative estimate of drug-likeness (QED) is 0.246. The van der Waals surface area contributed by atoms with Crippen LogP contribution >= 0.6 is 11.6 Å². The van der Waals surface area contributed by atoms with Gasteiger partial charge in [0.2, 0.25) is 5.84 Å². The molecule has 0 spiro atoms. The monoisotopic (exact) mass is 435 g/mol. The van der Waals surface area contributed by atoms with E-state index in [1.807, 2.05) is 4.90 Å². The van der Waals surface area contributed by atoms with Crippen LogP contribution in [0.3, 0.4) is 0 Å². The van der Waals surface area contributed by atoms with Gasteiger partial charge in [0.15, 0.2) is 5.54 Å². The highest BCUT2D eigenvalue weighted by atomic mass is 35.5. The van der Waals surface area contributed by atoms with Gasteiger partial charge in [-0.25, -0.2) is 4.79 Å². The van der Waals surface area contributed by atoms with Gasteiger partial charge in [0.25, 0.3) is 5.69 Å². The van der Waals surface area contributed by atoms with E-state index < -0.39 is 15.8 Å². The van der Waals surface area contributed by atoms with Gasteiger partial charge in [-0.15, -0.1) is 11.6 Å². The number of hydroxylamine groups is 1. The molecule has 0 bridgehead atoms. The maximum absolute atomic E-state index is 13.7. The number of halogens is 1. The summed E-state index contributed by atoms with van der Waals surface area (Å²) in [5.41, 5.74) is -1.47. The molecule has 2 saturated heterocycles. The standard InChI is InChI=1S/C18H22ClN7O4/c1-22-11-18(14(19)12-5-3-4-6-13(12)26(29)30)15(23(2)17(22)27)21-16(25(18)28)24-9-7-20-8-10-24/h3-6,14,20H,7-11H2,1-2H3. The number of urea groups is 1. The van der Waals surface area contributed by atoms with E-state index in [2.05, 4.69) is 10.3 Å². The zero-order valence-electron chi connectivity index (χ0n) is 16.6. The Hall–Kier alpha value is -2.92. The number of rotatable bonds is 3. The molecule has 3 heterocycles. The summed E-state index contributed by atoms with van der Waals surface area (Å²) in [6.07, 6.45) is 0. The first-order valence-electron chi connectivity index (χ1n) is 9.54. The summed E-state index contributed by atoms with van der Waals surface area (Å²) in [5, 5.41) is 27.4. The van der Waals surface area contributed by atoms with Crippen LogP contribution in [0, 0.1) is 15.3 Å². The summed E-state index contributed by atoms with van der Waals surface area (Å²) in [6.45, 7) is 2.49. The number of nitro groups is 1. The number of nitro benzene ring substituents is 1. The first kappa shape index (κ1) is 20.4. The average Bonchev–Trinajstić information content (AvgIpc) is 3.05. The average molecular weight is 436 g/mol. The molecule has 2 amide bonds. The van der Waals surface area contributed by atoms with E-state index in [0.29, 0.717) is 26.2 Å². The minimum atomic E-state index is -1.49. The van der Waals surface area contributed by atoms with E-state index in [4.69, 9.17) is 11.6 Å². The minimum absolute atomic E-state index is 0.0473. The number of guanidine groups is 1. The van der Waals surface area contributed by atoms with Crippen LogP contribution in [-0.2, 0) is 0 Å². The van der Waals surface area contributed by atoms with Gasteiger partial charge >= 0.3 is 12.0 Å². The number of para-hydroxylation sites is 1. The van der Waals surface area contributed by atoms with Crippen molar-refractivity contribution in [2.45, 2.75) is 10.9 Å². The van der Waals surface area contributed by atoms with Gasteiger partial charge in [-0.1, -0.05) is 23.2 Å². The van der Waals surface area contributed by atoms with E-state index in [1.165, 1.54) is 29.0 Å². The first-order valence-corrected chi connectivity index (χ1v) is 9.98. The van der Waals surface area contributed by atoms with Crippen molar-refractivity contribution in [2.24, 2.45) is 4.99 Å². The number of amidine groups is 1. The number of nitrogens with zero attached hydrogens (tertiary/aromatic N) is 6. The van der Waals surface area contributed by atoms with Crippen molar-refractivity contribution in [3.63, 3.8) is 0 Å². The number of piperazine rings is 1. The topological polar surface area (TPSA) is 120 Å². The highest BCUT2D eigenvalue weighted by Crippen LogP contribution is 2.44. The third kappa shape index (κ3) is 2.88. The predicted octanol–water partition coefficient (Wildman–Crippen LogP) is 0.794. The lowest BCUT2D eigenvalue weighted by Gasteiger charge is -2.45. The van der Waals surface area contributed by atoms with Crippen molar-refractivity contribution in [1.29, 1.82) is 0 Å². The second kappa shape index (κ2) is 7.40. The van der Waals surface area contributed by atoms with Gasteiger partial charge in [-0.2, -0.15) is 0 Å².